The Morgan fingerprint density at radius 2 is 1.94 bits per heavy atom. The predicted octanol–water partition coefficient (Wildman–Crippen LogP) is 3.01. The van der Waals surface area contributed by atoms with Crippen LogP contribution in [0.3, 0.4) is 0 Å². The average molecular weight is 225 g/mol. The lowest BCUT2D eigenvalue weighted by atomic mass is 10.0. The van der Waals surface area contributed by atoms with Gasteiger partial charge in [0.25, 0.3) is 0 Å². The molecule has 0 saturated carbocycles. The lowest BCUT2D eigenvalue weighted by molar-refractivity contribution is 0.198. The molecule has 1 aromatic rings. The summed E-state index contributed by atoms with van der Waals surface area (Å²) in [5.41, 5.74) is 0.634. The van der Waals surface area contributed by atoms with Crippen molar-refractivity contribution in [2.75, 3.05) is 7.05 Å². The highest BCUT2D eigenvalue weighted by molar-refractivity contribution is 5.33. The molecule has 0 aromatic heterocycles. The fourth-order valence-corrected chi connectivity index (χ4v) is 1.61. The van der Waals surface area contributed by atoms with E-state index in [2.05, 4.69) is 25.7 Å². The van der Waals surface area contributed by atoms with Crippen LogP contribution in [0.15, 0.2) is 18.2 Å². The normalized spacial score (nSPS) is 13.4. The summed E-state index contributed by atoms with van der Waals surface area (Å²) in [5, 5.41) is 9.57. The predicted molar refractivity (Wildman–Crippen MR) is 63.8 cm³/mol. The Balaban J connectivity index is 2.77. The molecule has 0 bridgehead atoms. The van der Waals surface area contributed by atoms with Crippen LogP contribution in [0.2, 0.25) is 0 Å². The number of hydrogen-bond donors (Lipinski definition) is 1. The van der Waals surface area contributed by atoms with Crippen LogP contribution in [0.1, 0.15) is 26.3 Å². The fraction of sp³-hybridized carbons (Fsp3) is 0.538. The van der Waals surface area contributed by atoms with E-state index in [0.29, 0.717) is 24.1 Å². The molecule has 0 saturated heterocycles. The number of phenols is 1. The van der Waals surface area contributed by atoms with Crippen molar-refractivity contribution < 1.29 is 9.50 Å². The van der Waals surface area contributed by atoms with Crippen molar-refractivity contribution in [2.45, 2.75) is 33.4 Å². The molecule has 0 spiro atoms. The summed E-state index contributed by atoms with van der Waals surface area (Å²) in [6.07, 6.45) is 0. The first kappa shape index (κ1) is 13.0. The molecule has 1 N–H and O–H groups in total. The maximum Gasteiger partial charge on any atom is 0.165 e. The highest BCUT2D eigenvalue weighted by atomic mass is 19.1. The summed E-state index contributed by atoms with van der Waals surface area (Å²) < 4.78 is 13.1. The van der Waals surface area contributed by atoms with Crippen molar-refractivity contribution in [2.24, 2.45) is 5.92 Å². The van der Waals surface area contributed by atoms with Crippen molar-refractivity contribution >= 4 is 0 Å². The van der Waals surface area contributed by atoms with Crippen LogP contribution in [-0.2, 0) is 6.54 Å². The van der Waals surface area contributed by atoms with E-state index in [1.165, 1.54) is 6.07 Å². The third-order valence-electron chi connectivity index (χ3n) is 3.15. The minimum Gasteiger partial charge on any atom is -0.505 e. The molecular formula is C13H20FNO. The summed E-state index contributed by atoms with van der Waals surface area (Å²) in [6.45, 7) is 6.98. The van der Waals surface area contributed by atoms with Gasteiger partial charge in [0.15, 0.2) is 11.6 Å². The Labute approximate surface area is 96.7 Å². The van der Waals surface area contributed by atoms with Crippen LogP contribution < -0.4 is 0 Å². The van der Waals surface area contributed by atoms with E-state index in [9.17, 15) is 9.50 Å². The van der Waals surface area contributed by atoms with Crippen molar-refractivity contribution in [1.82, 2.24) is 4.90 Å². The third-order valence-corrected chi connectivity index (χ3v) is 3.15. The zero-order valence-corrected chi connectivity index (χ0v) is 10.4. The molecule has 0 radical (unpaired) electrons. The first-order valence-corrected chi connectivity index (χ1v) is 5.60. The van der Waals surface area contributed by atoms with Gasteiger partial charge >= 0.3 is 0 Å². The topological polar surface area (TPSA) is 23.5 Å². The van der Waals surface area contributed by atoms with Gasteiger partial charge < -0.3 is 5.11 Å². The Hall–Kier alpha value is -1.09. The number of hydrogen-bond acceptors (Lipinski definition) is 2. The monoisotopic (exact) mass is 225 g/mol. The molecule has 0 amide bonds. The Kier molecular flexibility index (Phi) is 4.30. The zero-order chi connectivity index (χ0) is 12.3. The van der Waals surface area contributed by atoms with E-state index in [1.807, 2.05) is 7.05 Å². The third kappa shape index (κ3) is 2.95. The molecule has 0 aliphatic heterocycles. The summed E-state index contributed by atoms with van der Waals surface area (Å²) in [6, 6.07) is 5.04. The second-order valence-corrected chi connectivity index (χ2v) is 4.65. The van der Waals surface area contributed by atoms with E-state index >= 15 is 0 Å². The second kappa shape index (κ2) is 5.30. The molecule has 1 unspecified atom stereocenters. The van der Waals surface area contributed by atoms with Gasteiger partial charge in [-0.2, -0.15) is 0 Å². The van der Waals surface area contributed by atoms with Crippen molar-refractivity contribution in [3.05, 3.63) is 29.6 Å². The van der Waals surface area contributed by atoms with E-state index in [1.54, 1.807) is 12.1 Å². The molecule has 0 heterocycles. The van der Waals surface area contributed by atoms with Crippen molar-refractivity contribution in [1.29, 1.82) is 0 Å². The van der Waals surface area contributed by atoms with Gasteiger partial charge in [-0.25, -0.2) is 4.39 Å². The molecule has 1 atom stereocenters. The summed E-state index contributed by atoms with van der Waals surface area (Å²) in [4.78, 5) is 2.11. The van der Waals surface area contributed by atoms with Gasteiger partial charge in [-0.3, -0.25) is 4.90 Å². The van der Waals surface area contributed by atoms with E-state index in [0.717, 1.165) is 0 Å². The van der Waals surface area contributed by atoms with Crippen LogP contribution >= 0.6 is 0 Å². The largest absolute Gasteiger partial charge is 0.505 e. The second-order valence-electron chi connectivity index (χ2n) is 4.65. The summed E-state index contributed by atoms with van der Waals surface area (Å²) in [7, 11) is 1.98. The quantitative estimate of drug-likeness (QED) is 0.851. The molecule has 0 aliphatic rings. The number of aromatic hydroxyl groups is 1. The van der Waals surface area contributed by atoms with Crippen LogP contribution in [0.4, 0.5) is 4.39 Å². The first-order valence-electron chi connectivity index (χ1n) is 5.60. The van der Waals surface area contributed by atoms with Gasteiger partial charge in [0, 0.05) is 18.2 Å². The number of nitrogens with zero attached hydrogens (tertiary/aromatic N) is 1. The van der Waals surface area contributed by atoms with E-state index in [-0.39, 0.29) is 5.75 Å². The van der Waals surface area contributed by atoms with E-state index in [4.69, 9.17) is 0 Å². The van der Waals surface area contributed by atoms with Gasteiger partial charge in [-0.05, 0) is 26.0 Å². The molecule has 2 nitrogen and oxygen atoms in total. The van der Waals surface area contributed by atoms with Gasteiger partial charge in [0.05, 0.1) is 0 Å². The standard InChI is InChI=1S/C13H20FNO/c1-9(2)10(3)15(4)8-11-6-5-7-12(14)13(11)16/h5-7,9-10,16H,8H2,1-4H3. The Morgan fingerprint density at radius 1 is 1.31 bits per heavy atom. The summed E-state index contributed by atoms with van der Waals surface area (Å²) >= 11 is 0. The van der Waals surface area contributed by atoms with Crippen molar-refractivity contribution in [3.63, 3.8) is 0 Å². The lowest BCUT2D eigenvalue weighted by Gasteiger charge is -2.28. The molecule has 0 aliphatic carbocycles. The zero-order valence-electron chi connectivity index (χ0n) is 10.4. The number of phenolic OH excluding ortho intramolecular Hbond substituents is 1. The highest BCUT2D eigenvalue weighted by Gasteiger charge is 2.15. The van der Waals surface area contributed by atoms with Crippen molar-refractivity contribution in [3.8, 4) is 5.75 Å². The first-order chi connectivity index (χ1) is 7.43. The maximum atomic E-state index is 13.1. The van der Waals surface area contributed by atoms with Gasteiger partial charge in [0.1, 0.15) is 0 Å². The Morgan fingerprint density at radius 3 is 2.50 bits per heavy atom. The minimum absolute atomic E-state index is 0.231. The van der Waals surface area contributed by atoms with Gasteiger partial charge in [-0.15, -0.1) is 0 Å². The van der Waals surface area contributed by atoms with Gasteiger partial charge in [0.2, 0.25) is 0 Å². The fourth-order valence-electron chi connectivity index (χ4n) is 1.61. The molecule has 1 rings (SSSR count). The molecule has 3 heteroatoms. The maximum absolute atomic E-state index is 13.1. The molecule has 0 fully saturated rings. The number of halogens is 1. The van der Waals surface area contributed by atoms with Crippen LogP contribution in [0, 0.1) is 11.7 Å². The molecular weight excluding hydrogens is 205 g/mol. The lowest BCUT2D eigenvalue weighted by Crippen LogP contribution is -2.32. The number of para-hydroxylation sites is 1. The molecule has 16 heavy (non-hydrogen) atoms. The van der Waals surface area contributed by atoms with Gasteiger partial charge in [-0.1, -0.05) is 26.0 Å². The molecule has 90 valence electrons. The summed E-state index contributed by atoms with van der Waals surface area (Å²) in [5.74, 6) is -0.255. The minimum atomic E-state index is -0.553. The molecule has 1 aromatic carbocycles. The number of benzene rings is 1. The van der Waals surface area contributed by atoms with Crippen LogP contribution in [-0.4, -0.2) is 23.1 Å². The smallest absolute Gasteiger partial charge is 0.165 e. The van der Waals surface area contributed by atoms with Crippen LogP contribution in [0.5, 0.6) is 5.75 Å². The number of rotatable bonds is 4. The van der Waals surface area contributed by atoms with E-state index < -0.39 is 5.82 Å². The highest BCUT2D eigenvalue weighted by Crippen LogP contribution is 2.23. The van der Waals surface area contributed by atoms with Crippen LogP contribution in [0.25, 0.3) is 0 Å². The SMILES string of the molecule is CC(C)C(C)N(C)Cc1cccc(F)c1O. The Bertz CT molecular complexity index is 352. The average Bonchev–Trinajstić information content (AvgIpc) is 2.23.